The molecule has 2 N–H and O–H groups in total. The number of piperidine rings is 1. The molecule has 24 heavy (non-hydrogen) atoms. The van der Waals surface area contributed by atoms with E-state index in [1.54, 1.807) is 0 Å². The molecule has 1 amide bonds. The normalized spacial score (nSPS) is 17.5. The van der Waals surface area contributed by atoms with Crippen LogP contribution in [0.15, 0.2) is 54.6 Å². The van der Waals surface area contributed by atoms with E-state index in [2.05, 4.69) is 29.2 Å². The maximum absolute atomic E-state index is 12.6. The lowest BCUT2D eigenvalue weighted by Crippen LogP contribution is -2.49. The molecule has 0 bridgehead atoms. The molecule has 0 aromatic heterocycles. The predicted octanol–water partition coefficient (Wildman–Crippen LogP) is 2.94. The van der Waals surface area contributed by atoms with Gasteiger partial charge in [0.15, 0.2) is 0 Å². The van der Waals surface area contributed by atoms with Gasteiger partial charge in [-0.3, -0.25) is 4.79 Å². The zero-order valence-electron chi connectivity index (χ0n) is 14.2. The smallest absolute Gasteiger partial charge is 0.227 e. The highest BCUT2D eigenvalue weighted by Gasteiger charge is 2.26. The van der Waals surface area contributed by atoms with Gasteiger partial charge in [0, 0.05) is 37.6 Å². The number of carbonyl (C=O) groups excluding carboxylic acids is 1. The minimum atomic E-state index is 0.166. The number of anilines is 2. The molecule has 3 rings (SSSR count). The van der Waals surface area contributed by atoms with Crippen molar-refractivity contribution < 1.29 is 4.79 Å². The lowest BCUT2D eigenvalue weighted by atomic mass is 10.0. The summed E-state index contributed by atoms with van der Waals surface area (Å²) in [5.74, 6) is 0.166. The maximum atomic E-state index is 12.6. The molecule has 0 spiro atoms. The Morgan fingerprint density at radius 3 is 2.58 bits per heavy atom. The van der Waals surface area contributed by atoms with Gasteiger partial charge in [-0.05, 0) is 42.7 Å². The topological polar surface area (TPSA) is 49.6 Å². The Hall–Kier alpha value is -2.49. The molecule has 1 fully saturated rings. The average molecular weight is 323 g/mol. The SMILES string of the molecule is CN(C(=O)Cc1ccc(N)cc1)C1CCCN(c2ccccc2)C1. The van der Waals surface area contributed by atoms with Gasteiger partial charge < -0.3 is 15.5 Å². The zero-order valence-corrected chi connectivity index (χ0v) is 14.2. The number of para-hydroxylation sites is 1. The van der Waals surface area contributed by atoms with Crippen molar-refractivity contribution in [2.75, 3.05) is 30.8 Å². The van der Waals surface area contributed by atoms with Crippen LogP contribution in [-0.4, -0.2) is 37.0 Å². The lowest BCUT2D eigenvalue weighted by molar-refractivity contribution is -0.131. The maximum Gasteiger partial charge on any atom is 0.227 e. The van der Waals surface area contributed by atoms with Gasteiger partial charge in [-0.2, -0.15) is 0 Å². The molecule has 1 saturated heterocycles. The van der Waals surface area contributed by atoms with E-state index >= 15 is 0 Å². The molecule has 1 unspecified atom stereocenters. The van der Waals surface area contributed by atoms with Crippen molar-refractivity contribution in [1.82, 2.24) is 4.90 Å². The van der Waals surface area contributed by atoms with Crippen LogP contribution >= 0.6 is 0 Å². The summed E-state index contributed by atoms with van der Waals surface area (Å²) in [6.07, 6.45) is 2.60. The molecule has 4 heteroatoms. The highest BCUT2D eigenvalue weighted by Crippen LogP contribution is 2.22. The third-order valence-corrected chi connectivity index (χ3v) is 4.79. The second kappa shape index (κ2) is 7.39. The van der Waals surface area contributed by atoms with Crippen molar-refractivity contribution in [3.8, 4) is 0 Å². The van der Waals surface area contributed by atoms with E-state index in [1.807, 2.05) is 42.3 Å². The Labute approximate surface area is 143 Å². The summed E-state index contributed by atoms with van der Waals surface area (Å²) < 4.78 is 0. The van der Waals surface area contributed by atoms with Gasteiger partial charge in [-0.1, -0.05) is 30.3 Å². The Morgan fingerprint density at radius 1 is 1.17 bits per heavy atom. The van der Waals surface area contributed by atoms with Gasteiger partial charge >= 0.3 is 0 Å². The Bertz CT molecular complexity index is 669. The minimum absolute atomic E-state index is 0.166. The van der Waals surface area contributed by atoms with Crippen LogP contribution in [0.3, 0.4) is 0 Å². The van der Waals surface area contributed by atoms with E-state index in [-0.39, 0.29) is 11.9 Å². The van der Waals surface area contributed by atoms with Crippen LogP contribution in [0.4, 0.5) is 11.4 Å². The molecule has 1 atom stereocenters. The summed E-state index contributed by atoms with van der Waals surface area (Å²) >= 11 is 0. The fourth-order valence-electron chi connectivity index (χ4n) is 3.28. The van der Waals surface area contributed by atoms with Crippen molar-refractivity contribution in [2.24, 2.45) is 0 Å². The monoisotopic (exact) mass is 323 g/mol. The quantitative estimate of drug-likeness (QED) is 0.880. The molecule has 2 aromatic rings. The Balaban J connectivity index is 1.62. The Morgan fingerprint density at radius 2 is 1.88 bits per heavy atom. The van der Waals surface area contributed by atoms with Crippen LogP contribution in [-0.2, 0) is 11.2 Å². The third-order valence-electron chi connectivity index (χ3n) is 4.79. The van der Waals surface area contributed by atoms with Crippen LogP contribution in [0.5, 0.6) is 0 Å². The summed E-state index contributed by atoms with van der Waals surface area (Å²) in [4.78, 5) is 16.9. The zero-order chi connectivity index (χ0) is 16.9. The average Bonchev–Trinajstić information content (AvgIpc) is 2.64. The number of hydrogen-bond donors (Lipinski definition) is 1. The van der Waals surface area contributed by atoms with E-state index < -0.39 is 0 Å². The molecular weight excluding hydrogens is 298 g/mol. The summed E-state index contributed by atoms with van der Waals surface area (Å²) in [6.45, 7) is 1.95. The van der Waals surface area contributed by atoms with Crippen molar-refractivity contribution in [1.29, 1.82) is 0 Å². The molecule has 0 aliphatic carbocycles. The van der Waals surface area contributed by atoms with Gasteiger partial charge in [0.05, 0.1) is 6.42 Å². The van der Waals surface area contributed by atoms with Crippen molar-refractivity contribution >= 4 is 17.3 Å². The molecule has 2 aromatic carbocycles. The highest BCUT2D eigenvalue weighted by molar-refractivity contribution is 5.79. The number of nitrogens with two attached hydrogens (primary N) is 1. The third kappa shape index (κ3) is 3.88. The van der Waals surface area contributed by atoms with Gasteiger partial charge in [-0.15, -0.1) is 0 Å². The first-order valence-electron chi connectivity index (χ1n) is 8.53. The number of likely N-dealkylation sites (N-methyl/N-ethyl adjacent to an activating group) is 1. The number of nitrogens with zero attached hydrogens (tertiary/aromatic N) is 2. The van der Waals surface area contributed by atoms with Crippen LogP contribution in [0, 0.1) is 0 Å². The first kappa shape index (κ1) is 16.4. The number of amides is 1. The molecule has 0 saturated carbocycles. The molecule has 1 aliphatic rings. The van der Waals surface area contributed by atoms with Crippen LogP contribution in [0.1, 0.15) is 18.4 Å². The van der Waals surface area contributed by atoms with Gasteiger partial charge in [-0.25, -0.2) is 0 Å². The lowest BCUT2D eigenvalue weighted by Gasteiger charge is -2.39. The van der Waals surface area contributed by atoms with Gasteiger partial charge in [0.25, 0.3) is 0 Å². The molecule has 0 radical (unpaired) electrons. The standard InChI is InChI=1S/C20H25N3O/c1-22(20(24)14-16-9-11-17(21)12-10-16)19-8-5-13-23(15-19)18-6-3-2-4-7-18/h2-4,6-7,9-12,19H,5,8,13-15,21H2,1H3. The molecular formula is C20H25N3O. The van der Waals surface area contributed by atoms with E-state index in [1.165, 1.54) is 5.69 Å². The van der Waals surface area contributed by atoms with E-state index in [0.29, 0.717) is 6.42 Å². The van der Waals surface area contributed by atoms with Crippen LogP contribution < -0.4 is 10.6 Å². The fraction of sp³-hybridized carbons (Fsp3) is 0.350. The van der Waals surface area contributed by atoms with Crippen molar-refractivity contribution in [3.63, 3.8) is 0 Å². The summed E-state index contributed by atoms with van der Waals surface area (Å²) in [6, 6.07) is 18.3. The first-order chi connectivity index (χ1) is 11.6. The minimum Gasteiger partial charge on any atom is -0.399 e. The number of benzene rings is 2. The first-order valence-corrected chi connectivity index (χ1v) is 8.53. The van der Waals surface area contributed by atoms with Crippen molar-refractivity contribution in [2.45, 2.75) is 25.3 Å². The van der Waals surface area contributed by atoms with Crippen LogP contribution in [0.25, 0.3) is 0 Å². The Kier molecular flexibility index (Phi) is 5.04. The largest absolute Gasteiger partial charge is 0.399 e. The fourth-order valence-corrected chi connectivity index (χ4v) is 3.28. The van der Waals surface area contributed by atoms with Crippen LogP contribution in [0.2, 0.25) is 0 Å². The molecule has 4 nitrogen and oxygen atoms in total. The summed E-state index contributed by atoms with van der Waals surface area (Å²) in [5, 5.41) is 0. The number of rotatable bonds is 4. The van der Waals surface area contributed by atoms with E-state index in [4.69, 9.17) is 5.73 Å². The molecule has 1 aliphatic heterocycles. The second-order valence-corrected chi connectivity index (χ2v) is 6.50. The number of carbonyl (C=O) groups is 1. The molecule has 126 valence electrons. The number of hydrogen-bond acceptors (Lipinski definition) is 3. The number of nitrogen functional groups attached to an aromatic ring is 1. The van der Waals surface area contributed by atoms with Crippen molar-refractivity contribution in [3.05, 3.63) is 60.2 Å². The second-order valence-electron chi connectivity index (χ2n) is 6.50. The van der Waals surface area contributed by atoms with Gasteiger partial charge in [0.1, 0.15) is 0 Å². The van der Waals surface area contributed by atoms with Gasteiger partial charge in [0.2, 0.25) is 5.91 Å². The summed E-state index contributed by atoms with van der Waals surface area (Å²) in [5.41, 5.74) is 8.68. The van der Waals surface area contributed by atoms with E-state index in [0.717, 1.165) is 37.2 Å². The summed E-state index contributed by atoms with van der Waals surface area (Å²) in [7, 11) is 1.93. The predicted molar refractivity (Wildman–Crippen MR) is 99.0 cm³/mol. The van der Waals surface area contributed by atoms with E-state index in [9.17, 15) is 4.79 Å². The highest BCUT2D eigenvalue weighted by atomic mass is 16.2. The molecule has 1 heterocycles.